The van der Waals surface area contributed by atoms with Crippen LogP contribution in [0.1, 0.15) is 0 Å². The van der Waals surface area contributed by atoms with Gasteiger partial charge in [-0.05, 0) is 12.1 Å². The summed E-state index contributed by atoms with van der Waals surface area (Å²) in [6, 6.07) is 8.02. The van der Waals surface area contributed by atoms with E-state index in [-0.39, 0.29) is 6.03 Å². The van der Waals surface area contributed by atoms with Gasteiger partial charge in [-0.25, -0.2) is 4.79 Å². The molecule has 6 heteroatoms. The number of anilines is 2. The normalized spacial score (nSPS) is 20.2. The second kappa shape index (κ2) is 4.89. The number of hydrogen-bond acceptors (Lipinski definition) is 4. The Bertz CT molecular complexity index is 633. The van der Waals surface area contributed by atoms with E-state index in [1.807, 2.05) is 41.6 Å². The van der Waals surface area contributed by atoms with E-state index in [9.17, 15) is 4.79 Å². The third-order valence-corrected chi connectivity index (χ3v) is 4.05. The fraction of sp³-hybridized carbons (Fsp3) is 0.333. The first-order valence-electron chi connectivity index (χ1n) is 7.22. The van der Waals surface area contributed by atoms with Crippen LogP contribution in [0.15, 0.2) is 41.2 Å². The molecule has 21 heavy (non-hydrogen) atoms. The average molecular weight is 283 g/mol. The van der Waals surface area contributed by atoms with Crippen LogP contribution in [0.5, 0.6) is 0 Å². The smallest absolute Gasteiger partial charge is 0.322 e. The number of rotatable bonds is 0. The highest BCUT2D eigenvalue weighted by atomic mass is 16.2. The van der Waals surface area contributed by atoms with Gasteiger partial charge >= 0.3 is 6.03 Å². The van der Waals surface area contributed by atoms with E-state index < -0.39 is 0 Å². The molecule has 108 valence electrons. The molecule has 0 bridgehead atoms. The van der Waals surface area contributed by atoms with Crippen LogP contribution in [0.2, 0.25) is 0 Å². The van der Waals surface area contributed by atoms with Crippen LogP contribution in [-0.4, -0.2) is 50.0 Å². The number of piperazine rings is 1. The molecule has 3 heterocycles. The van der Waals surface area contributed by atoms with Gasteiger partial charge in [0, 0.05) is 38.6 Å². The molecule has 0 unspecified atom stereocenters. The van der Waals surface area contributed by atoms with Gasteiger partial charge in [0.15, 0.2) is 0 Å². The topological polar surface area (TPSA) is 51.2 Å². The Morgan fingerprint density at radius 1 is 1.14 bits per heavy atom. The molecule has 0 saturated carbocycles. The zero-order chi connectivity index (χ0) is 14.2. The predicted octanol–water partition coefficient (Wildman–Crippen LogP) is 1.22. The molecule has 0 aliphatic carbocycles. The summed E-state index contributed by atoms with van der Waals surface area (Å²) in [4.78, 5) is 22.9. The van der Waals surface area contributed by atoms with Crippen molar-refractivity contribution < 1.29 is 4.79 Å². The highest BCUT2D eigenvalue weighted by Gasteiger charge is 2.31. The van der Waals surface area contributed by atoms with E-state index in [1.54, 1.807) is 4.90 Å². The van der Waals surface area contributed by atoms with E-state index >= 15 is 0 Å². The first kappa shape index (κ1) is 12.4. The molecule has 4 rings (SSSR count). The number of nitrogens with zero attached hydrogens (tertiary/aromatic N) is 4. The molecule has 6 nitrogen and oxygen atoms in total. The van der Waals surface area contributed by atoms with Crippen molar-refractivity contribution >= 4 is 23.6 Å². The highest BCUT2D eigenvalue weighted by Crippen LogP contribution is 2.37. The summed E-state index contributed by atoms with van der Waals surface area (Å²) in [7, 11) is 0. The molecule has 1 N–H and O–H groups in total. The van der Waals surface area contributed by atoms with Crippen molar-refractivity contribution in [3.05, 3.63) is 36.2 Å². The Balaban J connectivity index is 1.71. The number of hydrogen-bond donors (Lipinski definition) is 1. The van der Waals surface area contributed by atoms with Gasteiger partial charge in [-0.2, -0.15) is 0 Å². The van der Waals surface area contributed by atoms with Crippen molar-refractivity contribution in [1.29, 1.82) is 0 Å². The number of nitrogens with one attached hydrogen (secondary N) is 1. The number of aliphatic imine (C=N–C) groups is 1. The highest BCUT2D eigenvalue weighted by molar-refractivity contribution is 6.03. The first-order chi connectivity index (χ1) is 10.3. The van der Waals surface area contributed by atoms with E-state index in [2.05, 4.69) is 15.2 Å². The van der Waals surface area contributed by atoms with Crippen LogP contribution in [0, 0.1) is 0 Å². The lowest BCUT2D eigenvalue weighted by Crippen LogP contribution is -2.51. The molecule has 1 saturated heterocycles. The van der Waals surface area contributed by atoms with Crippen LogP contribution in [0.3, 0.4) is 0 Å². The molecule has 1 fully saturated rings. The zero-order valence-corrected chi connectivity index (χ0v) is 11.7. The Kier molecular flexibility index (Phi) is 2.89. The molecule has 0 radical (unpaired) electrons. The molecule has 0 spiro atoms. The number of urea groups is 1. The zero-order valence-electron chi connectivity index (χ0n) is 11.7. The summed E-state index contributed by atoms with van der Waals surface area (Å²) in [5, 5.41) is 3.27. The fourth-order valence-electron chi connectivity index (χ4n) is 2.95. The minimum absolute atomic E-state index is 0.0383. The summed E-state index contributed by atoms with van der Waals surface area (Å²) in [6.45, 7) is 3.83. The van der Waals surface area contributed by atoms with Crippen LogP contribution < -0.4 is 15.1 Å². The Hall–Kier alpha value is -2.34. The van der Waals surface area contributed by atoms with Crippen LogP contribution in [0.25, 0.3) is 0 Å². The number of carbonyl (C=O) groups is 1. The standard InChI is InChI=1S/C15H17N5O/c21-15(18-7-5-16-6-8-18)19-10-12-9-17-11-20(12)14-4-2-1-3-13(14)19/h1-4,9-10,16H,5-8,11H2. The predicted molar refractivity (Wildman–Crippen MR) is 82.7 cm³/mol. The Morgan fingerprint density at radius 3 is 2.71 bits per heavy atom. The molecule has 0 aromatic heterocycles. The summed E-state index contributed by atoms with van der Waals surface area (Å²) >= 11 is 0. The molecular formula is C15H17N5O. The van der Waals surface area contributed by atoms with Crippen molar-refractivity contribution in [3.8, 4) is 0 Å². The van der Waals surface area contributed by atoms with Crippen LogP contribution in [0.4, 0.5) is 16.2 Å². The minimum atomic E-state index is 0.0383. The van der Waals surface area contributed by atoms with Crippen molar-refractivity contribution in [2.45, 2.75) is 0 Å². The summed E-state index contributed by atoms with van der Waals surface area (Å²) in [6.07, 6.45) is 3.72. The molecule has 2 amide bonds. The van der Waals surface area contributed by atoms with Gasteiger partial charge in [0.05, 0.1) is 17.1 Å². The van der Waals surface area contributed by atoms with Gasteiger partial charge in [-0.1, -0.05) is 12.1 Å². The van der Waals surface area contributed by atoms with Crippen molar-refractivity contribution in [2.24, 2.45) is 4.99 Å². The molecule has 3 aliphatic rings. The van der Waals surface area contributed by atoms with Crippen molar-refractivity contribution in [1.82, 2.24) is 10.2 Å². The lowest BCUT2D eigenvalue weighted by Gasteiger charge is -2.36. The molecule has 1 aromatic rings. The first-order valence-corrected chi connectivity index (χ1v) is 7.22. The minimum Gasteiger partial charge on any atom is -0.322 e. The summed E-state index contributed by atoms with van der Waals surface area (Å²) < 4.78 is 0. The van der Waals surface area contributed by atoms with Crippen molar-refractivity contribution in [3.63, 3.8) is 0 Å². The van der Waals surface area contributed by atoms with Gasteiger partial charge in [0.2, 0.25) is 0 Å². The number of benzene rings is 1. The maximum Gasteiger partial charge on any atom is 0.328 e. The van der Waals surface area contributed by atoms with Crippen LogP contribution >= 0.6 is 0 Å². The van der Waals surface area contributed by atoms with Gasteiger partial charge < -0.3 is 15.1 Å². The van der Waals surface area contributed by atoms with E-state index in [0.29, 0.717) is 6.67 Å². The Morgan fingerprint density at radius 2 is 1.90 bits per heavy atom. The molecule has 3 aliphatic heterocycles. The van der Waals surface area contributed by atoms with Crippen molar-refractivity contribution in [2.75, 3.05) is 42.6 Å². The monoisotopic (exact) mass is 283 g/mol. The van der Waals surface area contributed by atoms with E-state index in [0.717, 1.165) is 43.3 Å². The lowest BCUT2D eigenvalue weighted by molar-refractivity contribution is 0.199. The average Bonchev–Trinajstić information content (AvgIpc) is 3.03. The number of carbonyl (C=O) groups excluding carboxylic acids is 1. The van der Waals surface area contributed by atoms with Crippen LogP contribution in [-0.2, 0) is 0 Å². The van der Waals surface area contributed by atoms with Gasteiger partial charge in [-0.15, -0.1) is 0 Å². The molecule has 1 aromatic carbocycles. The van der Waals surface area contributed by atoms with Gasteiger partial charge in [0.1, 0.15) is 6.67 Å². The maximum atomic E-state index is 12.8. The maximum absolute atomic E-state index is 12.8. The largest absolute Gasteiger partial charge is 0.328 e. The lowest BCUT2D eigenvalue weighted by atomic mass is 10.2. The summed E-state index contributed by atoms with van der Waals surface area (Å²) in [5.74, 6) is 0. The third kappa shape index (κ3) is 1.99. The second-order valence-corrected chi connectivity index (χ2v) is 5.31. The number of allylic oxidation sites excluding steroid dienone is 1. The summed E-state index contributed by atoms with van der Waals surface area (Å²) in [5.41, 5.74) is 2.93. The van der Waals surface area contributed by atoms with E-state index in [4.69, 9.17) is 0 Å². The fourth-order valence-corrected chi connectivity index (χ4v) is 2.95. The number of fused-ring (bicyclic) bond motifs is 3. The van der Waals surface area contributed by atoms with Gasteiger partial charge in [-0.3, -0.25) is 9.89 Å². The SMILES string of the molecule is O=C(N1CCNCC1)N1C=C2C=NCN2c2ccccc21. The second-order valence-electron chi connectivity index (χ2n) is 5.31. The Labute approximate surface area is 123 Å². The molecule has 0 atom stereocenters. The quantitative estimate of drug-likeness (QED) is 0.779. The number of amides is 2. The molecular weight excluding hydrogens is 266 g/mol. The van der Waals surface area contributed by atoms with E-state index in [1.165, 1.54) is 0 Å². The van der Waals surface area contributed by atoms with Gasteiger partial charge in [0.25, 0.3) is 0 Å². The number of para-hydroxylation sites is 2. The third-order valence-electron chi connectivity index (χ3n) is 4.05.